The molecule has 2 heterocycles. The van der Waals surface area contributed by atoms with E-state index in [9.17, 15) is 9.00 Å². The fourth-order valence-corrected chi connectivity index (χ4v) is 6.31. The number of anilines is 2. The van der Waals surface area contributed by atoms with Crippen molar-refractivity contribution in [3.8, 4) is 22.8 Å². The van der Waals surface area contributed by atoms with E-state index in [1.54, 1.807) is 18.2 Å². The zero-order chi connectivity index (χ0) is 23.4. The van der Waals surface area contributed by atoms with Crippen molar-refractivity contribution in [1.82, 2.24) is 5.16 Å². The zero-order valence-corrected chi connectivity index (χ0v) is 19.9. The van der Waals surface area contributed by atoms with Crippen molar-refractivity contribution in [3.63, 3.8) is 0 Å². The van der Waals surface area contributed by atoms with E-state index in [0.29, 0.717) is 34.4 Å². The summed E-state index contributed by atoms with van der Waals surface area (Å²) in [5.41, 5.74) is 4.06. The number of rotatable bonds is 6. The van der Waals surface area contributed by atoms with Gasteiger partial charge >= 0.3 is 0 Å². The van der Waals surface area contributed by atoms with Crippen molar-refractivity contribution in [2.45, 2.75) is 42.4 Å². The lowest BCUT2D eigenvalue weighted by molar-refractivity contribution is -0.117. The Morgan fingerprint density at radius 3 is 2.56 bits per heavy atom. The van der Waals surface area contributed by atoms with Gasteiger partial charge in [-0.25, -0.2) is 4.21 Å². The first-order valence-electron chi connectivity index (χ1n) is 11.4. The van der Waals surface area contributed by atoms with Crippen molar-refractivity contribution >= 4 is 28.4 Å². The molecule has 6 rings (SSSR count). The molecule has 2 fully saturated rings. The van der Waals surface area contributed by atoms with E-state index < -0.39 is 11.0 Å². The van der Waals surface area contributed by atoms with Crippen LogP contribution in [0.1, 0.15) is 36.8 Å². The first-order chi connectivity index (χ1) is 16.5. The average molecular weight is 480 g/mol. The second kappa shape index (κ2) is 7.87. The van der Waals surface area contributed by atoms with Crippen LogP contribution in [0.2, 0.25) is 0 Å². The summed E-state index contributed by atoms with van der Waals surface area (Å²) in [4.78, 5) is 14.6. The van der Waals surface area contributed by atoms with Gasteiger partial charge in [-0.2, -0.15) is 0 Å². The molecular formula is C25H25N3O5S. The van der Waals surface area contributed by atoms with Crippen LogP contribution in [0.5, 0.6) is 11.5 Å². The summed E-state index contributed by atoms with van der Waals surface area (Å²) in [6.45, 7) is 0.735. The Balaban J connectivity index is 1.39. The van der Waals surface area contributed by atoms with Crippen LogP contribution in [0.25, 0.3) is 11.3 Å². The Bertz CT molecular complexity index is 1310. The van der Waals surface area contributed by atoms with Gasteiger partial charge in [-0.15, -0.1) is 0 Å². The molecule has 2 aliphatic carbocycles. The Hall–Kier alpha value is -3.33. The Morgan fingerprint density at radius 1 is 1.15 bits per heavy atom. The van der Waals surface area contributed by atoms with Gasteiger partial charge in [0.25, 0.3) is 0 Å². The maximum Gasteiger partial charge on any atom is 0.227 e. The van der Waals surface area contributed by atoms with Crippen molar-refractivity contribution in [1.29, 1.82) is 0 Å². The Morgan fingerprint density at radius 2 is 1.91 bits per heavy atom. The largest absolute Gasteiger partial charge is 0.495 e. The molecule has 1 N–H and O–H groups in total. The number of carbonyl (C=O) groups excluding carboxylic acids is 1. The molecule has 3 aliphatic rings. The Labute approximate surface area is 199 Å². The van der Waals surface area contributed by atoms with Gasteiger partial charge in [-0.3, -0.25) is 9.52 Å². The minimum atomic E-state index is -1.68. The lowest BCUT2D eigenvalue weighted by Gasteiger charge is -2.26. The number of hydrogen-bond donors (Lipinski definition) is 1. The van der Waals surface area contributed by atoms with Crippen LogP contribution in [0.4, 0.5) is 11.5 Å². The van der Waals surface area contributed by atoms with E-state index in [-0.39, 0.29) is 11.3 Å². The fraction of sp³-hybridized carbons (Fsp3) is 0.360. The molecule has 1 atom stereocenters. The van der Waals surface area contributed by atoms with Gasteiger partial charge in [-0.1, -0.05) is 17.3 Å². The minimum absolute atomic E-state index is 0.0431. The van der Waals surface area contributed by atoms with Crippen LogP contribution < -0.4 is 19.1 Å². The number of methoxy groups -OCH3 is 2. The van der Waals surface area contributed by atoms with E-state index in [2.05, 4.69) is 15.9 Å². The first kappa shape index (κ1) is 21.2. The summed E-state index contributed by atoms with van der Waals surface area (Å²) in [5.74, 6) is 2.21. The van der Waals surface area contributed by atoms with E-state index in [1.807, 2.05) is 17.0 Å². The average Bonchev–Trinajstić information content (AvgIpc) is 3.31. The van der Waals surface area contributed by atoms with Gasteiger partial charge in [0.1, 0.15) is 16.4 Å². The number of benzene rings is 2. The molecular weight excluding hydrogens is 454 g/mol. The molecule has 3 aromatic rings. The maximum atomic E-state index is 13.4. The molecule has 8 nitrogen and oxygen atoms in total. The molecule has 1 aromatic heterocycles. The van der Waals surface area contributed by atoms with E-state index >= 15 is 0 Å². The summed E-state index contributed by atoms with van der Waals surface area (Å²) in [6, 6.07) is 11.5. The van der Waals surface area contributed by atoms with Gasteiger partial charge in [0, 0.05) is 35.2 Å². The zero-order valence-electron chi connectivity index (χ0n) is 19.1. The highest BCUT2D eigenvalue weighted by molar-refractivity contribution is 7.86. The number of nitrogens with one attached hydrogen (secondary N) is 1. The molecule has 0 radical (unpaired) electrons. The molecule has 1 saturated carbocycles. The van der Waals surface area contributed by atoms with Crippen LogP contribution in [0.3, 0.4) is 0 Å². The molecule has 0 bridgehead atoms. The first-order valence-corrected chi connectivity index (χ1v) is 12.5. The lowest BCUT2D eigenvalue weighted by Crippen LogP contribution is -2.24. The lowest BCUT2D eigenvalue weighted by atomic mass is 9.79. The highest BCUT2D eigenvalue weighted by Crippen LogP contribution is 2.58. The Kier molecular flexibility index (Phi) is 4.91. The number of fused-ring (bicyclic) bond motifs is 4. The van der Waals surface area contributed by atoms with E-state index in [0.717, 1.165) is 49.0 Å². The monoisotopic (exact) mass is 479 g/mol. The van der Waals surface area contributed by atoms with Crippen molar-refractivity contribution in [2.75, 3.05) is 30.4 Å². The summed E-state index contributed by atoms with van der Waals surface area (Å²) < 4.78 is 33.0. The molecule has 9 heteroatoms. The highest BCUT2D eigenvalue weighted by Gasteiger charge is 2.50. The van der Waals surface area contributed by atoms with Crippen molar-refractivity contribution < 1.29 is 23.0 Å². The van der Waals surface area contributed by atoms with Crippen LogP contribution >= 0.6 is 0 Å². The maximum absolute atomic E-state index is 13.4. The van der Waals surface area contributed by atoms with Gasteiger partial charge in [-0.05, 0) is 55.5 Å². The second-order valence-corrected chi connectivity index (χ2v) is 10.2. The standard InChI is InChI=1S/C25H25N3O5S/c1-31-19-5-3-6-20(32-2)23(19)34(30)27-24-17-14-25(10-11-25)18-9-8-15(28-12-4-7-21(28)29)13-16(18)22(17)33-26-24/h3,5-6,8-9,13H,4,7,10-12,14H2,1-2H3,(H,26,27). The number of nitrogens with zero attached hydrogens (tertiary/aromatic N) is 2. The smallest absolute Gasteiger partial charge is 0.227 e. The number of hydrogen-bond acceptors (Lipinski definition) is 6. The van der Waals surface area contributed by atoms with Crippen molar-refractivity contribution in [2.24, 2.45) is 0 Å². The SMILES string of the molecule is COc1cccc(OC)c1S(=O)Nc1noc2c1CC1(CC1)c1ccc(N3CCCC3=O)cc1-2. The molecule has 1 saturated heterocycles. The number of ether oxygens (including phenoxy) is 2. The third kappa shape index (κ3) is 3.21. The summed E-state index contributed by atoms with van der Waals surface area (Å²) in [6.07, 6.45) is 4.38. The molecule has 1 unspecified atom stereocenters. The van der Waals surface area contributed by atoms with E-state index in [1.165, 1.54) is 19.8 Å². The topological polar surface area (TPSA) is 93.9 Å². The molecule has 176 valence electrons. The molecule has 2 aromatic carbocycles. The third-order valence-electron chi connectivity index (χ3n) is 7.12. The summed E-state index contributed by atoms with van der Waals surface area (Å²) >= 11 is 0. The van der Waals surface area contributed by atoms with E-state index in [4.69, 9.17) is 14.0 Å². The van der Waals surface area contributed by atoms with Gasteiger partial charge in [0.15, 0.2) is 22.6 Å². The van der Waals surface area contributed by atoms with Crippen LogP contribution in [-0.4, -0.2) is 36.0 Å². The number of aromatic nitrogens is 1. The fourth-order valence-electron chi connectivity index (χ4n) is 5.21. The van der Waals surface area contributed by atoms with Crippen molar-refractivity contribution in [3.05, 3.63) is 47.5 Å². The van der Waals surface area contributed by atoms with Gasteiger partial charge in [0.2, 0.25) is 5.91 Å². The molecule has 1 spiro atoms. The summed E-state index contributed by atoms with van der Waals surface area (Å²) in [5, 5.41) is 4.27. The van der Waals surface area contributed by atoms with Crippen LogP contribution in [0, 0.1) is 0 Å². The second-order valence-electron chi connectivity index (χ2n) is 9.04. The summed E-state index contributed by atoms with van der Waals surface area (Å²) in [7, 11) is 1.38. The normalized spacial score (nSPS) is 18.4. The predicted molar refractivity (Wildman–Crippen MR) is 128 cm³/mol. The third-order valence-corrected chi connectivity index (χ3v) is 8.27. The predicted octanol–water partition coefficient (Wildman–Crippen LogP) is 4.21. The minimum Gasteiger partial charge on any atom is -0.495 e. The number of amides is 1. The highest BCUT2D eigenvalue weighted by atomic mass is 32.2. The molecule has 1 aliphatic heterocycles. The van der Waals surface area contributed by atoms with Crippen LogP contribution in [-0.2, 0) is 27.6 Å². The van der Waals surface area contributed by atoms with Gasteiger partial charge in [0.05, 0.1) is 14.2 Å². The number of carbonyl (C=O) groups is 1. The van der Waals surface area contributed by atoms with Crippen LogP contribution in [0.15, 0.2) is 45.8 Å². The van der Waals surface area contributed by atoms with Gasteiger partial charge < -0.3 is 18.9 Å². The quantitative estimate of drug-likeness (QED) is 0.569. The molecule has 1 amide bonds. The molecule has 34 heavy (non-hydrogen) atoms.